The predicted molar refractivity (Wildman–Crippen MR) is 146 cm³/mol. The van der Waals surface area contributed by atoms with Crippen LogP contribution in [0, 0.1) is 0 Å². The van der Waals surface area contributed by atoms with Crippen LogP contribution in [0.15, 0.2) is 60.7 Å². The largest absolute Gasteiger partial charge is 0.351 e. The molecule has 1 atom stereocenters. The maximum atomic E-state index is 13.9. The highest BCUT2D eigenvalue weighted by Crippen LogP contribution is 2.31. The monoisotopic (exact) mass is 498 g/mol. The Bertz CT molecular complexity index is 1230. The standard InChI is InChI=1S/C31H38N4O2/c1-3-23-16-18-25(19-17-23)27-21-28-29(36)34(20-10-13-24-11-6-4-7-12-24)31(2,22-35(28)33-27)30(37)32-26-14-8-5-9-15-26/h4,6-7,11-12,16-19,21,26H,3,5,8-10,13-15,20,22H2,1-2H3,(H,32,37). The highest BCUT2D eigenvalue weighted by atomic mass is 16.2. The summed E-state index contributed by atoms with van der Waals surface area (Å²) in [6.07, 6.45) is 8.16. The number of carbonyl (C=O) groups is 2. The van der Waals surface area contributed by atoms with Gasteiger partial charge in [0.05, 0.1) is 12.2 Å². The lowest BCUT2D eigenvalue weighted by Crippen LogP contribution is -2.65. The van der Waals surface area contributed by atoms with E-state index in [4.69, 9.17) is 5.10 Å². The molecule has 6 nitrogen and oxygen atoms in total. The maximum absolute atomic E-state index is 13.9. The molecule has 5 rings (SSSR count). The van der Waals surface area contributed by atoms with Crippen molar-refractivity contribution in [2.75, 3.05) is 6.54 Å². The van der Waals surface area contributed by atoms with Gasteiger partial charge in [-0.3, -0.25) is 14.3 Å². The number of hydrogen-bond acceptors (Lipinski definition) is 3. The molecule has 0 radical (unpaired) electrons. The summed E-state index contributed by atoms with van der Waals surface area (Å²) in [4.78, 5) is 29.5. The van der Waals surface area contributed by atoms with E-state index in [9.17, 15) is 9.59 Å². The van der Waals surface area contributed by atoms with Crippen molar-refractivity contribution < 1.29 is 9.59 Å². The molecule has 37 heavy (non-hydrogen) atoms. The molecule has 1 N–H and O–H groups in total. The van der Waals surface area contributed by atoms with E-state index >= 15 is 0 Å². The van der Waals surface area contributed by atoms with Crippen LogP contribution in [-0.4, -0.2) is 44.6 Å². The molecule has 194 valence electrons. The number of aromatic nitrogens is 2. The van der Waals surface area contributed by atoms with E-state index in [1.54, 1.807) is 9.58 Å². The van der Waals surface area contributed by atoms with Crippen LogP contribution in [-0.2, 0) is 24.2 Å². The van der Waals surface area contributed by atoms with Gasteiger partial charge < -0.3 is 10.2 Å². The van der Waals surface area contributed by atoms with Gasteiger partial charge in [0.2, 0.25) is 5.91 Å². The van der Waals surface area contributed by atoms with Gasteiger partial charge in [-0.25, -0.2) is 0 Å². The molecule has 1 aliphatic carbocycles. The molecule has 0 saturated heterocycles. The number of nitrogens with zero attached hydrogens (tertiary/aromatic N) is 3. The lowest BCUT2D eigenvalue weighted by atomic mass is 9.91. The van der Waals surface area contributed by atoms with Crippen molar-refractivity contribution in [3.8, 4) is 11.3 Å². The third-order valence-electron chi connectivity index (χ3n) is 8.08. The number of benzene rings is 2. The fraction of sp³-hybridized carbons (Fsp3) is 0.452. The van der Waals surface area contributed by atoms with Crippen molar-refractivity contribution in [1.82, 2.24) is 20.0 Å². The first-order chi connectivity index (χ1) is 18.0. The van der Waals surface area contributed by atoms with E-state index in [0.717, 1.165) is 56.2 Å². The van der Waals surface area contributed by atoms with Crippen molar-refractivity contribution >= 4 is 11.8 Å². The molecule has 1 aromatic heterocycles. The second-order valence-corrected chi connectivity index (χ2v) is 10.8. The van der Waals surface area contributed by atoms with Crippen LogP contribution < -0.4 is 5.32 Å². The van der Waals surface area contributed by atoms with E-state index < -0.39 is 5.54 Å². The van der Waals surface area contributed by atoms with Gasteiger partial charge in [0.1, 0.15) is 11.2 Å². The van der Waals surface area contributed by atoms with Gasteiger partial charge >= 0.3 is 0 Å². The molecular formula is C31H38N4O2. The lowest BCUT2D eigenvalue weighted by molar-refractivity contribution is -0.134. The van der Waals surface area contributed by atoms with Gasteiger partial charge in [0, 0.05) is 18.2 Å². The molecule has 0 bridgehead atoms. The Morgan fingerprint density at radius 2 is 1.76 bits per heavy atom. The van der Waals surface area contributed by atoms with Crippen LogP contribution in [0.25, 0.3) is 11.3 Å². The van der Waals surface area contributed by atoms with Crippen molar-refractivity contribution in [3.63, 3.8) is 0 Å². The first-order valence-electron chi connectivity index (χ1n) is 13.8. The molecular weight excluding hydrogens is 460 g/mol. The molecule has 0 spiro atoms. The maximum Gasteiger partial charge on any atom is 0.273 e. The van der Waals surface area contributed by atoms with Gasteiger partial charge in [-0.15, -0.1) is 0 Å². The van der Waals surface area contributed by atoms with Gasteiger partial charge in [0.25, 0.3) is 5.91 Å². The molecule has 1 fully saturated rings. The summed E-state index contributed by atoms with van der Waals surface area (Å²) in [7, 11) is 0. The summed E-state index contributed by atoms with van der Waals surface area (Å²) in [5.41, 5.74) is 3.82. The molecule has 1 saturated carbocycles. The topological polar surface area (TPSA) is 67.2 Å². The van der Waals surface area contributed by atoms with E-state index in [1.807, 2.05) is 31.2 Å². The number of hydrogen-bond donors (Lipinski definition) is 1. The number of carbonyl (C=O) groups excluding carboxylic acids is 2. The Labute approximate surface area is 220 Å². The third-order valence-corrected chi connectivity index (χ3v) is 8.08. The first-order valence-corrected chi connectivity index (χ1v) is 13.8. The van der Waals surface area contributed by atoms with E-state index in [-0.39, 0.29) is 17.9 Å². The molecule has 2 aliphatic rings. The van der Waals surface area contributed by atoms with E-state index in [1.165, 1.54) is 17.5 Å². The number of aryl methyl sites for hydroxylation is 2. The van der Waals surface area contributed by atoms with Crippen LogP contribution in [0.1, 0.15) is 74.0 Å². The Morgan fingerprint density at radius 1 is 1.03 bits per heavy atom. The zero-order chi connectivity index (χ0) is 25.8. The zero-order valence-electron chi connectivity index (χ0n) is 22.1. The second kappa shape index (κ2) is 10.9. The average Bonchev–Trinajstić information content (AvgIpc) is 3.35. The number of amides is 2. The van der Waals surface area contributed by atoms with Crippen LogP contribution in [0.3, 0.4) is 0 Å². The number of fused-ring (bicyclic) bond motifs is 1. The molecule has 1 unspecified atom stereocenters. The lowest BCUT2D eigenvalue weighted by Gasteiger charge is -2.44. The molecule has 2 amide bonds. The van der Waals surface area contributed by atoms with Crippen LogP contribution >= 0.6 is 0 Å². The summed E-state index contributed by atoms with van der Waals surface area (Å²) in [5.74, 6) is -0.188. The fourth-order valence-electron chi connectivity index (χ4n) is 5.72. The summed E-state index contributed by atoms with van der Waals surface area (Å²) >= 11 is 0. The second-order valence-electron chi connectivity index (χ2n) is 10.8. The minimum atomic E-state index is -0.992. The SMILES string of the molecule is CCc1ccc(-c2cc3n(n2)CC(C)(C(=O)NC2CCCCC2)N(CCCc2ccccc2)C3=O)cc1. The first kappa shape index (κ1) is 25.2. The number of rotatable bonds is 8. The van der Waals surface area contributed by atoms with Crippen molar-refractivity contribution in [2.45, 2.75) is 83.3 Å². The summed E-state index contributed by atoms with van der Waals surface area (Å²) in [5, 5.41) is 8.10. The third kappa shape index (κ3) is 5.34. The Morgan fingerprint density at radius 3 is 2.46 bits per heavy atom. The van der Waals surface area contributed by atoms with E-state index in [2.05, 4.69) is 48.6 Å². The van der Waals surface area contributed by atoms with Gasteiger partial charge in [-0.05, 0) is 56.2 Å². The molecule has 2 aromatic carbocycles. The fourth-order valence-corrected chi connectivity index (χ4v) is 5.72. The summed E-state index contributed by atoms with van der Waals surface area (Å²) in [6.45, 7) is 4.92. The van der Waals surface area contributed by atoms with Crippen molar-refractivity contribution in [2.24, 2.45) is 0 Å². The van der Waals surface area contributed by atoms with Gasteiger partial charge in [-0.1, -0.05) is 80.8 Å². The highest BCUT2D eigenvalue weighted by Gasteiger charge is 2.48. The smallest absolute Gasteiger partial charge is 0.273 e. The Hall–Kier alpha value is -3.41. The minimum Gasteiger partial charge on any atom is -0.351 e. The quantitative estimate of drug-likeness (QED) is 0.452. The van der Waals surface area contributed by atoms with Crippen molar-refractivity contribution in [1.29, 1.82) is 0 Å². The molecule has 3 aromatic rings. The van der Waals surface area contributed by atoms with Crippen molar-refractivity contribution in [3.05, 3.63) is 77.5 Å². The minimum absolute atomic E-state index is 0.0672. The van der Waals surface area contributed by atoms with Crippen LogP contribution in [0.2, 0.25) is 0 Å². The number of nitrogens with one attached hydrogen (secondary N) is 1. The van der Waals surface area contributed by atoms with Gasteiger partial charge in [0.15, 0.2) is 0 Å². The Kier molecular flexibility index (Phi) is 7.45. The normalized spacial score (nSPS) is 20.1. The van der Waals surface area contributed by atoms with Gasteiger partial charge in [-0.2, -0.15) is 5.10 Å². The Balaban J connectivity index is 1.42. The van der Waals surface area contributed by atoms with Crippen LogP contribution in [0.4, 0.5) is 0 Å². The molecule has 1 aliphatic heterocycles. The summed E-state index contributed by atoms with van der Waals surface area (Å²) < 4.78 is 1.75. The zero-order valence-corrected chi connectivity index (χ0v) is 22.1. The van der Waals surface area contributed by atoms with E-state index in [0.29, 0.717) is 18.8 Å². The highest BCUT2D eigenvalue weighted by molar-refractivity contribution is 6.00. The predicted octanol–water partition coefficient (Wildman–Crippen LogP) is 5.41. The molecule has 6 heteroatoms. The average molecular weight is 499 g/mol. The summed E-state index contributed by atoms with van der Waals surface area (Å²) in [6, 6.07) is 20.7. The molecule has 2 heterocycles. The van der Waals surface area contributed by atoms with Crippen LogP contribution in [0.5, 0.6) is 0 Å².